The molecule has 1 aliphatic carbocycles. The summed E-state index contributed by atoms with van der Waals surface area (Å²) in [5.41, 5.74) is 1.52. The molecule has 1 fully saturated rings. The van der Waals surface area contributed by atoms with Crippen molar-refractivity contribution in [2.45, 2.75) is 64.5 Å². The Kier molecular flexibility index (Phi) is 6.98. The van der Waals surface area contributed by atoms with Gasteiger partial charge in [0.25, 0.3) is 0 Å². The Labute approximate surface area is 187 Å². The number of benzene rings is 1. The Hall–Kier alpha value is -3.60. The van der Waals surface area contributed by atoms with E-state index in [1.54, 1.807) is 52.0 Å². The highest BCUT2D eigenvalue weighted by Crippen LogP contribution is 2.43. The molecule has 2 N–H and O–H groups in total. The van der Waals surface area contributed by atoms with E-state index in [0.717, 1.165) is 18.4 Å². The van der Waals surface area contributed by atoms with Gasteiger partial charge in [0.05, 0.1) is 23.5 Å². The molecule has 3 rings (SSSR count). The number of hydrogen-bond acceptors (Lipinski definition) is 6. The number of nitrogens with one attached hydrogen (secondary N) is 2. The van der Waals surface area contributed by atoms with E-state index in [2.05, 4.69) is 21.7 Å². The van der Waals surface area contributed by atoms with Crippen molar-refractivity contribution in [3.05, 3.63) is 47.7 Å². The minimum Gasteiger partial charge on any atom is -0.444 e. The van der Waals surface area contributed by atoms with Gasteiger partial charge in [-0.2, -0.15) is 5.26 Å². The molecule has 32 heavy (non-hydrogen) atoms. The number of alkyl carbamates (subject to hydrolysis) is 1. The van der Waals surface area contributed by atoms with Crippen LogP contribution in [0.25, 0.3) is 0 Å². The fourth-order valence-electron chi connectivity index (χ4n) is 3.11. The third-order valence-corrected chi connectivity index (χ3v) is 4.80. The zero-order chi connectivity index (χ0) is 23.3. The molecule has 0 radical (unpaired) electrons. The molecule has 0 bridgehead atoms. The molecule has 8 nitrogen and oxygen atoms in total. The Morgan fingerprint density at radius 3 is 2.56 bits per heavy atom. The molecule has 0 aliphatic heterocycles. The average molecular weight is 437 g/mol. The number of nitriles is 1. The minimum absolute atomic E-state index is 0.366. The number of hydrogen-bond donors (Lipinski definition) is 2. The molecule has 168 valence electrons. The van der Waals surface area contributed by atoms with Crippen LogP contribution in [0.3, 0.4) is 0 Å². The SMILES string of the molecule is CC[C@@H](NC(=O)OC(C)(C)C)C(=O)Nc1ccc(Oc2ccc(C#N)c(C3CC3)c2)nc1. The van der Waals surface area contributed by atoms with Crippen molar-refractivity contribution >= 4 is 17.7 Å². The quantitative estimate of drug-likeness (QED) is 0.640. The Balaban J connectivity index is 1.59. The van der Waals surface area contributed by atoms with E-state index in [1.165, 1.54) is 6.20 Å². The normalized spacial score (nSPS) is 14.1. The maximum atomic E-state index is 12.5. The van der Waals surface area contributed by atoms with Gasteiger partial charge >= 0.3 is 6.09 Å². The molecule has 1 saturated carbocycles. The van der Waals surface area contributed by atoms with Crippen LogP contribution >= 0.6 is 0 Å². The maximum Gasteiger partial charge on any atom is 0.408 e. The lowest BCUT2D eigenvalue weighted by atomic mass is 10.0. The van der Waals surface area contributed by atoms with Crippen molar-refractivity contribution in [3.8, 4) is 17.7 Å². The molecule has 1 aliphatic rings. The predicted octanol–water partition coefficient (Wildman–Crippen LogP) is 4.86. The van der Waals surface area contributed by atoms with Crippen LogP contribution < -0.4 is 15.4 Å². The molecule has 0 unspecified atom stereocenters. The second-order valence-corrected chi connectivity index (χ2v) is 8.72. The number of anilines is 1. The molecule has 0 saturated heterocycles. The van der Waals surface area contributed by atoms with E-state index in [0.29, 0.717) is 35.2 Å². The van der Waals surface area contributed by atoms with Crippen LogP contribution in [-0.4, -0.2) is 28.6 Å². The van der Waals surface area contributed by atoms with Crippen molar-refractivity contribution in [2.24, 2.45) is 0 Å². The standard InChI is InChI=1S/C24H28N4O4/c1-5-20(28-23(30)32-24(2,3)4)22(29)27-17-9-11-21(26-14-17)31-18-10-8-16(13-25)19(12-18)15-6-7-15/h8-12,14-15,20H,5-7H2,1-4H3,(H,27,29)(H,28,30)/t20-/m1/s1. The summed E-state index contributed by atoms with van der Waals surface area (Å²) >= 11 is 0. The first kappa shape index (κ1) is 23.1. The molecule has 8 heteroatoms. The molecular weight excluding hydrogens is 408 g/mol. The average Bonchev–Trinajstić information content (AvgIpc) is 3.57. The monoisotopic (exact) mass is 436 g/mol. The molecule has 1 atom stereocenters. The highest BCUT2D eigenvalue weighted by atomic mass is 16.6. The number of ether oxygens (including phenoxy) is 2. The highest BCUT2D eigenvalue weighted by molar-refractivity contribution is 5.96. The third kappa shape index (κ3) is 6.45. The molecule has 1 heterocycles. The molecule has 2 aromatic rings. The van der Waals surface area contributed by atoms with E-state index < -0.39 is 17.7 Å². The summed E-state index contributed by atoms with van der Waals surface area (Å²) in [6.45, 7) is 7.07. The number of pyridine rings is 1. The zero-order valence-corrected chi connectivity index (χ0v) is 18.8. The van der Waals surface area contributed by atoms with E-state index in [4.69, 9.17) is 9.47 Å². The largest absolute Gasteiger partial charge is 0.444 e. The van der Waals surface area contributed by atoms with Crippen LogP contribution in [0.5, 0.6) is 11.6 Å². The van der Waals surface area contributed by atoms with Crippen LogP contribution in [0.4, 0.5) is 10.5 Å². The summed E-state index contributed by atoms with van der Waals surface area (Å²) in [6, 6.07) is 10.2. The summed E-state index contributed by atoms with van der Waals surface area (Å²) in [7, 11) is 0. The van der Waals surface area contributed by atoms with Crippen LogP contribution in [0.2, 0.25) is 0 Å². The molecule has 1 aromatic carbocycles. The van der Waals surface area contributed by atoms with Crippen molar-refractivity contribution in [1.82, 2.24) is 10.3 Å². The predicted molar refractivity (Wildman–Crippen MR) is 120 cm³/mol. The van der Waals surface area contributed by atoms with Crippen LogP contribution in [0.15, 0.2) is 36.5 Å². The second-order valence-electron chi connectivity index (χ2n) is 8.72. The lowest BCUT2D eigenvalue weighted by Crippen LogP contribution is -2.45. The van der Waals surface area contributed by atoms with Crippen LogP contribution in [0.1, 0.15) is 64.0 Å². The number of carbonyl (C=O) groups excluding carboxylic acids is 2. The lowest BCUT2D eigenvalue weighted by molar-refractivity contribution is -0.118. The van der Waals surface area contributed by atoms with E-state index >= 15 is 0 Å². The molecule has 0 spiro atoms. The van der Waals surface area contributed by atoms with Gasteiger partial charge in [0.1, 0.15) is 17.4 Å². The fraction of sp³-hybridized carbons (Fsp3) is 0.417. The molecule has 2 amide bonds. The van der Waals surface area contributed by atoms with Gasteiger partial charge < -0.3 is 20.1 Å². The van der Waals surface area contributed by atoms with Crippen molar-refractivity contribution < 1.29 is 19.1 Å². The van der Waals surface area contributed by atoms with Gasteiger partial charge in [0.15, 0.2) is 0 Å². The van der Waals surface area contributed by atoms with Gasteiger partial charge in [-0.3, -0.25) is 4.79 Å². The second kappa shape index (κ2) is 9.69. The van der Waals surface area contributed by atoms with Crippen molar-refractivity contribution in [2.75, 3.05) is 5.32 Å². The Bertz CT molecular complexity index is 1020. The van der Waals surface area contributed by atoms with Crippen LogP contribution in [0, 0.1) is 11.3 Å². The Morgan fingerprint density at radius 1 is 1.25 bits per heavy atom. The first-order chi connectivity index (χ1) is 15.2. The van der Waals surface area contributed by atoms with Crippen molar-refractivity contribution in [1.29, 1.82) is 5.26 Å². The summed E-state index contributed by atoms with van der Waals surface area (Å²) in [5.74, 6) is 1.05. The number of amides is 2. The summed E-state index contributed by atoms with van der Waals surface area (Å²) < 4.78 is 11.0. The van der Waals surface area contributed by atoms with Gasteiger partial charge in [-0.15, -0.1) is 0 Å². The fourth-order valence-corrected chi connectivity index (χ4v) is 3.11. The molecule has 1 aromatic heterocycles. The minimum atomic E-state index is -0.736. The summed E-state index contributed by atoms with van der Waals surface area (Å²) in [6.07, 6.45) is 3.42. The number of rotatable bonds is 7. The zero-order valence-electron chi connectivity index (χ0n) is 18.8. The van der Waals surface area contributed by atoms with Gasteiger partial charge in [-0.25, -0.2) is 9.78 Å². The smallest absolute Gasteiger partial charge is 0.408 e. The Morgan fingerprint density at radius 2 is 2.00 bits per heavy atom. The number of nitrogens with zero attached hydrogens (tertiary/aromatic N) is 2. The van der Waals surface area contributed by atoms with E-state index in [-0.39, 0.29) is 5.91 Å². The highest BCUT2D eigenvalue weighted by Gasteiger charge is 2.27. The van der Waals surface area contributed by atoms with Gasteiger partial charge in [0.2, 0.25) is 11.8 Å². The van der Waals surface area contributed by atoms with E-state index in [9.17, 15) is 14.9 Å². The number of carbonyl (C=O) groups is 2. The molecular formula is C24H28N4O4. The first-order valence-corrected chi connectivity index (χ1v) is 10.7. The van der Waals surface area contributed by atoms with Crippen LogP contribution in [-0.2, 0) is 9.53 Å². The topological polar surface area (TPSA) is 113 Å². The lowest BCUT2D eigenvalue weighted by Gasteiger charge is -2.22. The van der Waals surface area contributed by atoms with Gasteiger partial charge in [0, 0.05) is 6.07 Å². The van der Waals surface area contributed by atoms with Crippen molar-refractivity contribution in [3.63, 3.8) is 0 Å². The first-order valence-electron chi connectivity index (χ1n) is 10.7. The van der Waals surface area contributed by atoms with Gasteiger partial charge in [-0.05, 0) is 75.8 Å². The number of aromatic nitrogens is 1. The summed E-state index contributed by atoms with van der Waals surface area (Å²) in [5, 5.41) is 14.6. The summed E-state index contributed by atoms with van der Waals surface area (Å²) in [4.78, 5) is 28.7. The van der Waals surface area contributed by atoms with Gasteiger partial charge in [-0.1, -0.05) is 6.92 Å². The maximum absolute atomic E-state index is 12.5. The van der Waals surface area contributed by atoms with E-state index in [1.807, 2.05) is 6.07 Å². The third-order valence-electron chi connectivity index (χ3n) is 4.80.